The van der Waals surface area contributed by atoms with Crippen LogP contribution >= 0.6 is 12.4 Å². The minimum Gasteiger partial charge on any atom is -0.484 e. The Balaban J connectivity index is 0.00000264. The van der Waals surface area contributed by atoms with E-state index in [0.717, 1.165) is 32.4 Å². The first-order valence-corrected chi connectivity index (χ1v) is 7.65. The van der Waals surface area contributed by atoms with Crippen LogP contribution in [-0.2, 0) is 9.59 Å². The van der Waals surface area contributed by atoms with E-state index in [9.17, 15) is 9.59 Å². The van der Waals surface area contributed by atoms with Gasteiger partial charge in [-0.2, -0.15) is 0 Å². The highest BCUT2D eigenvalue weighted by Gasteiger charge is 2.14. The van der Waals surface area contributed by atoms with Crippen molar-refractivity contribution in [3.05, 3.63) is 24.3 Å². The number of ether oxygens (including phenoxy) is 1. The summed E-state index contributed by atoms with van der Waals surface area (Å²) in [7, 11) is 0. The third kappa shape index (κ3) is 7.34. The van der Waals surface area contributed by atoms with Gasteiger partial charge in [0.05, 0.1) is 0 Å². The molecule has 0 aromatic heterocycles. The molecule has 1 aromatic rings. The summed E-state index contributed by atoms with van der Waals surface area (Å²) in [5.74, 6) is 0.620. The van der Waals surface area contributed by atoms with Crippen molar-refractivity contribution in [1.29, 1.82) is 0 Å². The molecule has 0 bridgehead atoms. The molecule has 2 amide bonds. The number of nitrogens with two attached hydrogens (primary N) is 1. The maximum absolute atomic E-state index is 12.0. The molecule has 4 N–H and O–H groups in total. The Morgan fingerprint density at radius 3 is 2.74 bits per heavy atom. The molecular weight excluding hydrogens is 318 g/mol. The molecule has 0 saturated carbocycles. The Morgan fingerprint density at radius 2 is 2.04 bits per heavy atom. The largest absolute Gasteiger partial charge is 0.484 e. The summed E-state index contributed by atoms with van der Waals surface area (Å²) in [5, 5.41) is 6.18. The monoisotopic (exact) mass is 341 g/mol. The summed E-state index contributed by atoms with van der Waals surface area (Å²) >= 11 is 0. The van der Waals surface area contributed by atoms with Crippen molar-refractivity contribution in [3.63, 3.8) is 0 Å². The first-order chi connectivity index (χ1) is 10.6. The Kier molecular flexibility index (Phi) is 8.43. The number of amides is 2. The normalized spacial score (nSPS) is 14.6. The predicted octanol–water partition coefficient (Wildman–Crippen LogP) is 1.69. The molecule has 0 unspecified atom stereocenters. The van der Waals surface area contributed by atoms with E-state index in [0.29, 0.717) is 23.8 Å². The molecule has 1 saturated heterocycles. The van der Waals surface area contributed by atoms with E-state index >= 15 is 0 Å². The fraction of sp³-hybridized carbons (Fsp3) is 0.500. The number of benzene rings is 1. The lowest BCUT2D eigenvalue weighted by Gasteiger charge is -2.22. The Hall–Kier alpha value is -1.79. The Labute approximate surface area is 142 Å². The fourth-order valence-corrected chi connectivity index (χ4v) is 2.55. The number of primary amides is 1. The quantitative estimate of drug-likeness (QED) is 0.703. The summed E-state index contributed by atoms with van der Waals surface area (Å²) in [5.41, 5.74) is 5.70. The second-order valence-electron chi connectivity index (χ2n) is 5.56. The second kappa shape index (κ2) is 10.1. The second-order valence-corrected chi connectivity index (χ2v) is 5.56. The fourth-order valence-electron chi connectivity index (χ4n) is 2.55. The van der Waals surface area contributed by atoms with Crippen LogP contribution in [0.15, 0.2) is 24.3 Å². The van der Waals surface area contributed by atoms with Crippen LogP contribution in [0.5, 0.6) is 5.75 Å². The zero-order valence-electron chi connectivity index (χ0n) is 13.0. The Morgan fingerprint density at radius 1 is 1.30 bits per heavy atom. The number of nitrogens with one attached hydrogen (secondary N) is 2. The van der Waals surface area contributed by atoms with Crippen molar-refractivity contribution in [1.82, 2.24) is 5.32 Å². The minimum atomic E-state index is -0.531. The third-order valence-electron chi connectivity index (χ3n) is 3.74. The first-order valence-electron chi connectivity index (χ1n) is 7.65. The van der Waals surface area contributed by atoms with Gasteiger partial charge in [-0.15, -0.1) is 12.4 Å². The van der Waals surface area contributed by atoms with Gasteiger partial charge in [0.15, 0.2) is 6.61 Å². The van der Waals surface area contributed by atoms with Crippen LogP contribution in [0.1, 0.15) is 25.7 Å². The van der Waals surface area contributed by atoms with Gasteiger partial charge in [0.1, 0.15) is 5.75 Å². The molecule has 6 nitrogen and oxygen atoms in total. The van der Waals surface area contributed by atoms with Crippen molar-refractivity contribution < 1.29 is 14.3 Å². The van der Waals surface area contributed by atoms with Crippen molar-refractivity contribution in [2.24, 2.45) is 11.7 Å². The van der Waals surface area contributed by atoms with Crippen LogP contribution in [0, 0.1) is 5.92 Å². The van der Waals surface area contributed by atoms with E-state index in [2.05, 4.69) is 10.6 Å². The Bertz CT molecular complexity index is 519. The van der Waals surface area contributed by atoms with Crippen molar-refractivity contribution >= 4 is 29.9 Å². The number of piperidine rings is 1. The average molecular weight is 342 g/mol. The number of halogens is 1. The van der Waals surface area contributed by atoms with E-state index in [1.165, 1.54) is 0 Å². The molecule has 1 aromatic carbocycles. The van der Waals surface area contributed by atoms with E-state index in [4.69, 9.17) is 10.5 Å². The third-order valence-corrected chi connectivity index (χ3v) is 3.74. The van der Waals surface area contributed by atoms with Crippen molar-refractivity contribution in [3.8, 4) is 5.75 Å². The lowest BCUT2D eigenvalue weighted by atomic mass is 9.93. The molecule has 23 heavy (non-hydrogen) atoms. The number of rotatable bonds is 7. The first kappa shape index (κ1) is 19.3. The summed E-state index contributed by atoms with van der Waals surface area (Å²) in [6.45, 7) is 1.92. The molecule has 0 aliphatic carbocycles. The van der Waals surface area contributed by atoms with Gasteiger partial charge in [0.25, 0.3) is 5.91 Å². The number of carbonyl (C=O) groups excluding carboxylic acids is 2. The molecule has 7 heteroatoms. The van der Waals surface area contributed by atoms with Gasteiger partial charge < -0.3 is 21.1 Å². The van der Waals surface area contributed by atoms with Gasteiger partial charge in [-0.25, -0.2) is 0 Å². The van der Waals surface area contributed by atoms with E-state index < -0.39 is 5.91 Å². The average Bonchev–Trinajstić information content (AvgIpc) is 2.52. The standard InChI is InChI=1S/C16H23N3O3.ClH/c17-15(20)11-22-14-3-1-2-13(10-14)19-16(21)5-4-12-6-8-18-9-7-12;/h1-3,10,12,18H,4-9,11H2,(H2,17,20)(H,19,21);1H. The molecule has 128 valence electrons. The predicted molar refractivity (Wildman–Crippen MR) is 91.8 cm³/mol. The maximum Gasteiger partial charge on any atom is 0.255 e. The minimum absolute atomic E-state index is 0. The molecule has 0 spiro atoms. The molecular formula is C16H24ClN3O3. The summed E-state index contributed by atoms with van der Waals surface area (Å²) in [4.78, 5) is 22.7. The lowest BCUT2D eigenvalue weighted by Crippen LogP contribution is -2.28. The van der Waals surface area contributed by atoms with Crippen LogP contribution < -0.4 is 21.1 Å². The lowest BCUT2D eigenvalue weighted by molar-refractivity contribution is -0.120. The summed E-state index contributed by atoms with van der Waals surface area (Å²) in [6.07, 6.45) is 3.73. The molecule has 1 aliphatic heterocycles. The zero-order valence-corrected chi connectivity index (χ0v) is 13.9. The molecule has 1 aliphatic rings. The van der Waals surface area contributed by atoms with Crippen LogP contribution in [-0.4, -0.2) is 31.5 Å². The van der Waals surface area contributed by atoms with E-state index in [1.54, 1.807) is 24.3 Å². The topological polar surface area (TPSA) is 93.5 Å². The molecule has 0 radical (unpaired) electrons. The van der Waals surface area contributed by atoms with Gasteiger partial charge in [0, 0.05) is 18.2 Å². The number of hydrogen-bond acceptors (Lipinski definition) is 4. The van der Waals surface area contributed by atoms with Crippen LogP contribution in [0.3, 0.4) is 0 Å². The van der Waals surface area contributed by atoms with E-state index in [-0.39, 0.29) is 24.9 Å². The van der Waals surface area contributed by atoms with Crippen molar-refractivity contribution in [2.75, 3.05) is 25.0 Å². The number of hydrogen-bond donors (Lipinski definition) is 3. The molecule has 1 heterocycles. The smallest absolute Gasteiger partial charge is 0.255 e. The highest BCUT2D eigenvalue weighted by molar-refractivity contribution is 5.90. The SMILES string of the molecule is Cl.NC(=O)COc1cccc(NC(=O)CCC2CCNCC2)c1. The highest BCUT2D eigenvalue weighted by Crippen LogP contribution is 2.20. The van der Waals surface area contributed by atoms with Crippen molar-refractivity contribution in [2.45, 2.75) is 25.7 Å². The van der Waals surface area contributed by atoms with Gasteiger partial charge in [-0.1, -0.05) is 6.07 Å². The summed E-state index contributed by atoms with van der Waals surface area (Å²) in [6, 6.07) is 6.96. The summed E-state index contributed by atoms with van der Waals surface area (Å²) < 4.78 is 5.21. The maximum atomic E-state index is 12.0. The zero-order chi connectivity index (χ0) is 15.8. The molecule has 2 rings (SSSR count). The molecule has 1 fully saturated rings. The van der Waals surface area contributed by atoms with Crippen LogP contribution in [0.4, 0.5) is 5.69 Å². The number of carbonyl (C=O) groups is 2. The highest BCUT2D eigenvalue weighted by atomic mass is 35.5. The number of anilines is 1. The van der Waals surface area contributed by atoms with Gasteiger partial charge in [-0.05, 0) is 50.4 Å². The molecule has 0 atom stereocenters. The van der Waals surface area contributed by atoms with Crippen LogP contribution in [0.2, 0.25) is 0 Å². The van der Waals surface area contributed by atoms with Gasteiger partial charge >= 0.3 is 0 Å². The van der Waals surface area contributed by atoms with E-state index in [1.807, 2.05) is 0 Å². The van der Waals surface area contributed by atoms with Crippen LogP contribution in [0.25, 0.3) is 0 Å². The van der Waals surface area contributed by atoms with Gasteiger partial charge in [0.2, 0.25) is 5.91 Å². The van der Waals surface area contributed by atoms with Gasteiger partial charge in [-0.3, -0.25) is 9.59 Å².